The molecule has 0 spiro atoms. The summed E-state index contributed by atoms with van der Waals surface area (Å²) in [6, 6.07) is 74.1. The standard InChI is InChI=1S/C21H19BO3.C20H18BNO2.C20H17BO3.C16H17BO4/c1-22(23)18-11-16(12-19(13-18)24-2)14-7-8-21-17(9-14)10-15-5-3-4-6-20(15)25-21;1-21(23)15-9-14(10-16(12-15)24-2)13-7-8-20-18(11-13)17-5-3-4-6-19(17)22-20;1-21(22)15-9-14(10-16(12-15)23-2)13-7-8-20-18(11-13)17-5-3-4-6-19(17)24-20;1-17(18)12-7-11(8-13(9-12)19-2)16-10-20-14-5-3-4-6-15(14)21-16/h3-9,11-13,23H,10H2,1-2H3;3-12,22-23H,1-2H3;3-12,22H,1-2H3;3-9,16,18H,10H2,1-2H3. The Morgan fingerprint density at radius 3 is 1.44 bits per heavy atom. The van der Waals surface area contributed by atoms with E-state index in [1.807, 2.05) is 164 Å². The van der Waals surface area contributed by atoms with Gasteiger partial charge in [-0.15, -0.1) is 0 Å². The van der Waals surface area contributed by atoms with Crippen molar-refractivity contribution in [3.8, 4) is 79.4 Å². The van der Waals surface area contributed by atoms with Crippen LogP contribution in [0.5, 0.6) is 46.0 Å². The number of ether oxygens (including phenoxy) is 7. The van der Waals surface area contributed by atoms with E-state index in [1.54, 1.807) is 55.7 Å². The van der Waals surface area contributed by atoms with Crippen LogP contribution in [-0.4, -0.2) is 87.8 Å². The van der Waals surface area contributed by atoms with Crippen molar-refractivity contribution in [2.75, 3.05) is 35.0 Å². The van der Waals surface area contributed by atoms with Crippen LogP contribution in [0.25, 0.3) is 77.1 Å². The molecule has 0 aliphatic carbocycles. The van der Waals surface area contributed by atoms with Crippen LogP contribution in [0.15, 0.2) is 229 Å². The Hall–Kier alpha value is -10.3. The van der Waals surface area contributed by atoms with E-state index in [2.05, 4.69) is 65.6 Å². The first-order valence-corrected chi connectivity index (χ1v) is 31.3. The molecular formula is C77H71B4NO12. The Morgan fingerprint density at radius 1 is 0.372 bits per heavy atom. The Morgan fingerprint density at radius 2 is 0.830 bits per heavy atom. The van der Waals surface area contributed by atoms with Crippen LogP contribution in [0.4, 0.5) is 0 Å². The highest BCUT2D eigenvalue weighted by Crippen LogP contribution is 2.40. The van der Waals surface area contributed by atoms with E-state index in [0.29, 0.717) is 12.4 Å². The minimum atomic E-state index is -0.560. The molecule has 0 saturated carbocycles. The molecule has 468 valence electrons. The van der Waals surface area contributed by atoms with Gasteiger partial charge in [0.15, 0.2) is 17.6 Å². The van der Waals surface area contributed by atoms with E-state index in [1.165, 1.54) is 16.3 Å². The zero-order valence-electron chi connectivity index (χ0n) is 53.7. The number of aromatic nitrogens is 1. The normalized spacial score (nSPS) is 12.5. The molecule has 94 heavy (non-hydrogen) atoms. The summed E-state index contributed by atoms with van der Waals surface area (Å²) in [6.07, 6.45) is 0.638. The maximum Gasteiger partial charge on any atom is 0.320 e. The third-order valence-corrected chi connectivity index (χ3v) is 17.0. The van der Waals surface area contributed by atoms with Gasteiger partial charge in [-0.3, -0.25) is 0 Å². The lowest BCUT2D eigenvalue weighted by molar-refractivity contribution is 0.0912. The molecule has 1 atom stereocenters. The van der Waals surface area contributed by atoms with Crippen molar-refractivity contribution < 1.29 is 57.7 Å². The molecule has 17 heteroatoms. The first-order chi connectivity index (χ1) is 45.6. The summed E-state index contributed by atoms with van der Waals surface area (Å²) in [7, 11) is 6.53. The lowest BCUT2D eigenvalue weighted by Gasteiger charge is -2.27. The summed E-state index contributed by atoms with van der Waals surface area (Å²) in [4.78, 5) is 3.44. The molecule has 4 heterocycles. The van der Waals surface area contributed by atoms with Gasteiger partial charge < -0.3 is 62.7 Å². The monoisotopic (exact) mass is 1250 g/mol. The molecule has 0 bridgehead atoms. The van der Waals surface area contributed by atoms with Gasteiger partial charge in [0, 0.05) is 39.0 Å². The van der Waals surface area contributed by atoms with Gasteiger partial charge in [-0.05, 0) is 187 Å². The van der Waals surface area contributed by atoms with Crippen LogP contribution in [0.1, 0.15) is 22.8 Å². The van der Waals surface area contributed by atoms with Gasteiger partial charge in [-0.1, -0.05) is 136 Å². The van der Waals surface area contributed by atoms with Crippen LogP contribution >= 0.6 is 0 Å². The molecule has 0 radical (unpaired) electrons. The molecule has 5 N–H and O–H groups in total. The molecule has 0 fully saturated rings. The second-order valence-corrected chi connectivity index (χ2v) is 23.5. The predicted octanol–water partition coefficient (Wildman–Crippen LogP) is 13.8. The van der Waals surface area contributed by atoms with E-state index in [9.17, 15) is 20.1 Å². The molecule has 11 aromatic carbocycles. The van der Waals surface area contributed by atoms with Crippen molar-refractivity contribution in [1.29, 1.82) is 0 Å². The van der Waals surface area contributed by atoms with Gasteiger partial charge in [0.1, 0.15) is 52.3 Å². The third-order valence-electron chi connectivity index (χ3n) is 17.0. The van der Waals surface area contributed by atoms with Gasteiger partial charge in [0.25, 0.3) is 0 Å². The lowest BCUT2D eigenvalue weighted by Crippen LogP contribution is -2.29. The molecule has 1 unspecified atom stereocenters. The van der Waals surface area contributed by atoms with Crippen molar-refractivity contribution in [2.24, 2.45) is 0 Å². The van der Waals surface area contributed by atoms with Crippen molar-refractivity contribution in [1.82, 2.24) is 4.98 Å². The van der Waals surface area contributed by atoms with E-state index >= 15 is 0 Å². The number of fused-ring (bicyclic) bond motifs is 9. The summed E-state index contributed by atoms with van der Waals surface area (Å²) in [5.41, 5.74) is 17.0. The quantitative estimate of drug-likeness (QED) is 0.0734. The number of nitrogens with one attached hydrogen (secondary N) is 1. The number of methoxy groups -OCH3 is 4. The van der Waals surface area contributed by atoms with E-state index in [0.717, 1.165) is 146 Å². The Labute approximate surface area is 548 Å². The van der Waals surface area contributed by atoms with Gasteiger partial charge >= 0.3 is 27.7 Å². The van der Waals surface area contributed by atoms with Crippen LogP contribution < -0.4 is 55.0 Å². The van der Waals surface area contributed by atoms with Gasteiger partial charge in [0.05, 0.1) is 28.4 Å². The fraction of sp³-hybridized carbons (Fsp3) is 0.143. The maximum absolute atomic E-state index is 9.94. The highest BCUT2D eigenvalue weighted by atomic mass is 16.6. The SMILES string of the molecule is COc1cc(B(C)O)cc(-c2ccc3[nH]c4ccccc4c3c2)c1.COc1cc(B(C)O)cc(-c2ccc3c(c2)Cc2ccccc2O3)c1.COc1cc(B(C)O)cc(-c2ccc3oc4ccccc4c3c2)c1.COc1cc(B(C)O)cc(C2COc3ccccc3O2)c1. The number of furan rings is 1. The second kappa shape index (κ2) is 28.3. The Balaban J connectivity index is 0.000000121. The molecular weight excluding hydrogens is 1170 g/mol. The van der Waals surface area contributed by atoms with Crippen LogP contribution in [0, 0.1) is 0 Å². The number of benzene rings is 11. The molecule has 2 aliphatic heterocycles. The summed E-state index contributed by atoms with van der Waals surface area (Å²) < 4.78 is 45.1. The second-order valence-electron chi connectivity index (χ2n) is 23.5. The molecule has 13 aromatic rings. The predicted molar refractivity (Wildman–Crippen MR) is 383 cm³/mol. The maximum atomic E-state index is 9.94. The van der Waals surface area contributed by atoms with Crippen molar-refractivity contribution >= 4 is 93.3 Å². The number of H-pyrrole nitrogens is 1. The Bertz CT molecular complexity index is 4680. The molecule has 2 aromatic heterocycles. The highest BCUT2D eigenvalue weighted by Gasteiger charge is 2.25. The fourth-order valence-corrected chi connectivity index (χ4v) is 11.8. The first-order valence-electron chi connectivity index (χ1n) is 31.3. The Kier molecular flexibility index (Phi) is 19.2. The smallest absolute Gasteiger partial charge is 0.320 e. The van der Waals surface area contributed by atoms with Crippen molar-refractivity contribution in [3.63, 3.8) is 0 Å². The zero-order chi connectivity index (χ0) is 65.6. The zero-order valence-corrected chi connectivity index (χ0v) is 53.7. The number of hydrogen-bond acceptors (Lipinski definition) is 12. The number of hydrogen-bond donors (Lipinski definition) is 5. The number of rotatable bonds is 12. The molecule has 15 rings (SSSR count). The fourth-order valence-electron chi connectivity index (χ4n) is 11.8. The average Bonchev–Trinajstić information content (AvgIpc) is 1.57. The summed E-state index contributed by atoms with van der Waals surface area (Å²) in [5, 5.41) is 44.2. The average molecular weight is 1250 g/mol. The highest BCUT2D eigenvalue weighted by molar-refractivity contribution is 6.66. The van der Waals surface area contributed by atoms with Crippen LogP contribution in [0.3, 0.4) is 0 Å². The molecule has 0 saturated heterocycles. The van der Waals surface area contributed by atoms with Gasteiger partial charge in [-0.2, -0.15) is 0 Å². The van der Waals surface area contributed by atoms with E-state index in [-0.39, 0.29) is 6.10 Å². The summed E-state index contributed by atoms with van der Waals surface area (Å²) >= 11 is 0. The summed E-state index contributed by atoms with van der Waals surface area (Å²) in [6.45, 7) is 5.27. The first kappa shape index (κ1) is 63.9. The lowest BCUT2D eigenvalue weighted by atomic mass is 9.64. The summed E-state index contributed by atoms with van der Waals surface area (Å²) in [5.74, 6) is 6.26. The van der Waals surface area contributed by atoms with Crippen LogP contribution in [-0.2, 0) is 6.42 Å². The van der Waals surface area contributed by atoms with Crippen molar-refractivity contribution in [3.05, 3.63) is 241 Å². The van der Waals surface area contributed by atoms with Crippen LogP contribution in [0.2, 0.25) is 27.3 Å². The molecule has 13 nitrogen and oxygen atoms in total. The minimum Gasteiger partial charge on any atom is -0.497 e. The van der Waals surface area contributed by atoms with Gasteiger partial charge in [-0.25, -0.2) is 0 Å². The van der Waals surface area contributed by atoms with Crippen molar-refractivity contribution in [2.45, 2.75) is 39.8 Å². The minimum absolute atomic E-state index is 0.215. The third kappa shape index (κ3) is 14.2. The number of para-hydroxylation sites is 5. The van der Waals surface area contributed by atoms with E-state index < -0.39 is 27.7 Å². The topological polar surface area (TPSA) is 174 Å². The molecule has 2 aliphatic rings. The van der Waals surface area contributed by atoms with E-state index in [4.69, 9.17) is 37.6 Å². The van der Waals surface area contributed by atoms with Gasteiger partial charge in [0.2, 0.25) is 0 Å². The number of aromatic amines is 1. The molecule has 0 amide bonds. The largest absolute Gasteiger partial charge is 0.497 e.